The molecular formula is C45H51N3O6S. The highest BCUT2D eigenvalue weighted by atomic mass is 32.1. The lowest BCUT2D eigenvalue weighted by molar-refractivity contribution is -0.146. The van der Waals surface area contributed by atoms with Crippen molar-refractivity contribution >= 4 is 29.0 Å². The number of nitrogens with one attached hydrogen (secondary N) is 1. The molecule has 0 saturated heterocycles. The van der Waals surface area contributed by atoms with Crippen LogP contribution in [0, 0.1) is 5.92 Å². The Hall–Kier alpha value is -5.19. The number of carboxylic acid groups (broad SMARTS) is 1. The zero-order chi connectivity index (χ0) is 39.4. The number of carboxylic acids is 1. The molecule has 0 saturated carbocycles. The predicted octanol–water partition coefficient (Wildman–Crippen LogP) is 9.25. The number of thiophene rings is 1. The number of carbonyl (C=O) groups excluding carboxylic acids is 2. The molecule has 0 unspecified atom stereocenters. The number of amides is 1. The van der Waals surface area contributed by atoms with Crippen molar-refractivity contribution in [3.8, 4) is 28.3 Å². The maximum atomic E-state index is 13.8. The molecule has 3 atom stereocenters. The molecule has 1 amide bonds. The lowest BCUT2D eigenvalue weighted by Crippen LogP contribution is -2.47. The quantitative estimate of drug-likeness (QED) is 0.0559. The van der Waals surface area contributed by atoms with E-state index in [1.165, 1.54) is 37.0 Å². The van der Waals surface area contributed by atoms with Gasteiger partial charge < -0.3 is 20.3 Å². The van der Waals surface area contributed by atoms with Gasteiger partial charge in [-0.25, -0.2) is 14.8 Å². The van der Waals surface area contributed by atoms with Crippen molar-refractivity contribution in [3.63, 3.8) is 0 Å². The van der Waals surface area contributed by atoms with Gasteiger partial charge in [-0.15, -0.1) is 11.3 Å². The van der Waals surface area contributed by atoms with Gasteiger partial charge in [0.2, 0.25) is 5.91 Å². The summed E-state index contributed by atoms with van der Waals surface area (Å²) in [5.41, 5.74) is 3.63. The third-order valence-electron chi connectivity index (χ3n) is 9.49. The fourth-order valence-electron chi connectivity index (χ4n) is 6.20. The SMILES string of the molecule is CCCCCCCOc1ccc(-c2cnc(-c3ccc(C[C@H](CC(=O)c4ccc(C(C)(C)C)s4)C(=O)N[C@@H](C(=O)O)[C@H](O)c4ccccc4)cc3)nc2)cc1. The molecule has 5 rings (SSSR count). The number of hydrogen-bond acceptors (Lipinski definition) is 8. The van der Waals surface area contributed by atoms with E-state index in [-0.39, 0.29) is 24.0 Å². The van der Waals surface area contributed by atoms with Gasteiger partial charge in [0.05, 0.1) is 11.5 Å². The van der Waals surface area contributed by atoms with Gasteiger partial charge in [0.1, 0.15) is 11.9 Å². The largest absolute Gasteiger partial charge is 0.494 e. The summed E-state index contributed by atoms with van der Waals surface area (Å²) in [4.78, 5) is 50.5. The monoisotopic (exact) mass is 761 g/mol. The van der Waals surface area contributed by atoms with E-state index in [4.69, 9.17) is 4.74 Å². The number of Topliss-reactive ketones (excluding diaryl/α,β-unsaturated/α-hetero) is 1. The Bertz CT molecular complexity index is 1990. The second-order valence-electron chi connectivity index (χ2n) is 14.9. The number of aliphatic hydroxyl groups excluding tert-OH is 1. The minimum absolute atomic E-state index is 0.137. The van der Waals surface area contributed by atoms with Crippen molar-refractivity contribution in [2.45, 2.75) is 90.2 Å². The molecule has 0 fully saturated rings. The molecule has 0 spiro atoms. The molecule has 2 aromatic heterocycles. The maximum absolute atomic E-state index is 13.8. The van der Waals surface area contributed by atoms with E-state index < -0.39 is 29.9 Å². The molecule has 0 radical (unpaired) electrons. The van der Waals surface area contributed by atoms with E-state index in [1.807, 2.05) is 54.6 Å². The van der Waals surface area contributed by atoms with E-state index in [0.717, 1.165) is 39.3 Å². The number of ether oxygens (including phenoxy) is 1. The zero-order valence-electron chi connectivity index (χ0n) is 32.0. The smallest absolute Gasteiger partial charge is 0.329 e. The van der Waals surface area contributed by atoms with Crippen LogP contribution in [-0.2, 0) is 21.4 Å². The Balaban J connectivity index is 1.27. The highest BCUT2D eigenvalue weighted by Gasteiger charge is 2.33. The third-order valence-corrected chi connectivity index (χ3v) is 11.0. The lowest BCUT2D eigenvalue weighted by Gasteiger charge is -2.24. The fraction of sp³-hybridized carbons (Fsp3) is 0.356. The van der Waals surface area contributed by atoms with Crippen molar-refractivity contribution in [1.29, 1.82) is 0 Å². The number of carbonyl (C=O) groups is 3. The second-order valence-corrected chi connectivity index (χ2v) is 16.0. The van der Waals surface area contributed by atoms with Crippen molar-refractivity contribution in [3.05, 3.63) is 124 Å². The minimum atomic E-state index is -1.61. The summed E-state index contributed by atoms with van der Waals surface area (Å²) in [5.74, 6) is -1.74. The van der Waals surface area contributed by atoms with Gasteiger partial charge in [0, 0.05) is 40.7 Å². The highest BCUT2D eigenvalue weighted by molar-refractivity contribution is 7.14. The van der Waals surface area contributed by atoms with Gasteiger partial charge in [-0.05, 0) is 59.2 Å². The van der Waals surface area contributed by atoms with E-state index in [2.05, 4.69) is 43.0 Å². The van der Waals surface area contributed by atoms with Crippen molar-refractivity contribution < 1.29 is 29.3 Å². The first kappa shape index (κ1) is 41.0. The topological polar surface area (TPSA) is 139 Å². The van der Waals surface area contributed by atoms with Crippen LogP contribution in [0.25, 0.3) is 22.5 Å². The van der Waals surface area contributed by atoms with Crippen molar-refractivity contribution in [2.24, 2.45) is 5.92 Å². The van der Waals surface area contributed by atoms with Crippen molar-refractivity contribution in [1.82, 2.24) is 15.3 Å². The van der Waals surface area contributed by atoms with Crippen LogP contribution in [-0.4, -0.2) is 50.5 Å². The molecule has 3 N–H and O–H groups in total. The van der Waals surface area contributed by atoms with Crippen LogP contribution >= 0.6 is 11.3 Å². The summed E-state index contributed by atoms with van der Waals surface area (Å²) in [7, 11) is 0. The number of hydrogen-bond donors (Lipinski definition) is 3. The predicted molar refractivity (Wildman–Crippen MR) is 217 cm³/mol. The first-order valence-electron chi connectivity index (χ1n) is 19.0. The minimum Gasteiger partial charge on any atom is -0.494 e. The Kier molecular flexibility index (Phi) is 14.5. The molecule has 3 aromatic carbocycles. The van der Waals surface area contributed by atoms with Crippen LogP contribution in [0.15, 0.2) is 103 Å². The molecule has 2 heterocycles. The summed E-state index contributed by atoms with van der Waals surface area (Å²) in [6.45, 7) is 9.14. The summed E-state index contributed by atoms with van der Waals surface area (Å²) < 4.78 is 5.90. The van der Waals surface area contributed by atoms with E-state index in [9.17, 15) is 24.6 Å². The van der Waals surface area contributed by atoms with Crippen LogP contribution in [0.3, 0.4) is 0 Å². The average Bonchev–Trinajstić information content (AvgIpc) is 3.71. The van der Waals surface area contributed by atoms with E-state index in [1.54, 1.807) is 48.8 Å². The van der Waals surface area contributed by atoms with Crippen molar-refractivity contribution in [2.75, 3.05) is 6.61 Å². The molecule has 0 aliphatic rings. The molecule has 10 heteroatoms. The number of aromatic nitrogens is 2. The van der Waals surface area contributed by atoms with Gasteiger partial charge >= 0.3 is 5.97 Å². The van der Waals surface area contributed by atoms with Crippen LogP contribution in [0.1, 0.15) is 98.0 Å². The summed E-state index contributed by atoms with van der Waals surface area (Å²) in [6, 6.07) is 25.8. The Morgan fingerprint density at radius 1 is 0.800 bits per heavy atom. The molecule has 9 nitrogen and oxygen atoms in total. The second kappa shape index (κ2) is 19.4. The number of aliphatic hydroxyl groups is 1. The number of ketones is 1. The number of nitrogens with zero attached hydrogens (tertiary/aromatic N) is 2. The van der Waals surface area contributed by atoms with Crippen LogP contribution in [0.4, 0.5) is 0 Å². The van der Waals surface area contributed by atoms with Gasteiger partial charge in [0.15, 0.2) is 17.6 Å². The lowest BCUT2D eigenvalue weighted by atomic mass is 9.91. The Morgan fingerprint density at radius 3 is 2.07 bits per heavy atom. The van der Waals surface area contributed by atoms with Crippen LogP contribution in [0.2, 0.25) is 0 Å². The fourth-order valence-corrected chi connectivity index (χ4v) is 7.21. The van der Waals surface area contributed by atoms with E-state index >= 15 is 0 Å². The highest BCUT2D eigenvalue weighted by Crippen LogP contribution is 2.31. The zero-order valence-corrected chi connectivity index (χ0v) is 32.9. The average molecular weight is 762 g/mol. The van der Waals surface area contributed by atoms with Gasteiger partial charge in [0.25, 0.3) is 0 Å². The number of rotatable bonds is 19. The first-order chi connectivity index (χ1) is 26.4. The van der Waals surface area contributed by atoms with Gasteiger partial charge in [-0.1, -0.05) is 120 Å². The molecule has 0 aliphatic heterocycles. The van der Waals surface area contributed by atoms with Crippen LogP contribution < -0.4 is 10.1 Å². The van der Waals surface area contributed by atoms with Crippen LogP contribution in [0.5, 0.6) is 5.75 Å². The maximum Gasteiger partial charge on any atom is 0.329 e. The Labute approximate surface area is 327 Å². The Morgan fingerprint density at radius 2 is 1.45 bits per heavy atom. The summed E-state index contributed by atoms with van der Waals surface area (Å²) in [6.07, 6.45) is 8.08. The first-order valence-corrected chi connectivity index (χ1v) is 19.8. The van der Waals surface area contributed by atoms with Gasteiger partial charge in [-0.3, -0.25) is 9.59 Å². The molecule has 288 valence electrons. The number of unbranched alkanes of at least 4 members (excludes halogenated alkanes) is 4. The number of benzene rings is 3. The molecule has 55 heavy (non-hydrogen) atoms. The standard InChI is InChI=1S/C45H51N3O6S/c1-5-6-7-8-12-25-54-36-21-19-31(20-22-36)35-28-46-42(47-29-35)33-17-15-30(16-18-33)26-34(27-37(49)38-23-24-39(55-38)45(2,3)4)43(51)48-40(44(52)53)41(50)32-13-10-9-11-14-32/h9-11,13-24,28-29,34,40-41,50H,5-8,12,25-27H2,1-4H3,(H,48,51)(H,52,53)/t34-,40-,41-/m1/s1. The summed E-state index contributed by atoms with van der Waals surface area (Å²) in [5, 5.41) is 23.4. The molecule has 5 aromatic rings. The number of aliphatic carboxylic acids is 1. The molecular weight excluding hydrogens is 711 g/mol. The van der Waals surface area contributed by atoms with Gasteiger partial charge in [-0.2, -0.15) is 0 Å². The third kappa shape index (κ3) is 11.7. The summed E-state index contributed by atoms with van der Waals surface area (Å²) >= 11 is 1.40. The normalized spacial score (nSPS) is 13.1. The van der Waals surface area contributed by atoms with E-state index in [0.29, 0.717) is 22.9 Å². The molecule has 0 aliphatic carbocycles. The molecule has 0 bridgehead atoms.